The molecule has 0 aromatic heterocycles. The van der Waals surface area contributed by atoms with Gasteiger partial charge in [-0.05, 0) is 50.5 Å². The smallest absolute Gasteiger partial charge is 0.0727 e. The lowest BCUT2D eigenvalue weighted by molar-refractivity contribution is 0.148. The van der Waals surface area contributed by atoms with Crippen LogP contribution in [0.2, 0.25) is 0 Å². The molecule has 1 aromatic carbocycles. The number of benzene rings is 1. The van der Waals surface area contributed by atoms with E-state index in [0.29, 0.717) is 11.8 Å². The Bertz CT molecular complexity index is 550. The maximum Gasteiger partial charge on any atom is 0.0727 e. The van der Waals surface area contributed by atoms with E-state index in [-0.39, 0.29) is 6.10 Å². The molecule has 1 heteroatoms. The van der Waals surface area contributed by atoms with E-state index < -0.39 is 0 Å². The van der Waals surface area contributed by atoms with Crippen LogP contribution in [0.5, 0.6) is 0 Å². The van der Waals surface area contributed by atoms with E-state index in [1.807, 2.05) is 18.2 Å². The molecule has 0 saturated heterocycles. The first kappa shape index (κ1) is 17.7. The van der Waals surface area contributed by atoms with Crippen LogP contribution in [0.15, 0.2) is 54.6 Å². The number of aliphatic hydroxyl groups is 1. The molecular formula is C22H30O. The summed E-state index contributed by atoms with van der Waals surface area (Å²) < 4.78 is 0. The second-order valence-corrected chi connectivity index (χ2v) is 6.87. The van der Waals surface area contributed by atoms with Gasteiger partial charge in [0.2, 0.25) is 0 Å². The lowest BCUT2D eigenvalue weighted by Crippen LogP contribution is -2.24. The van der Waals surface area contributed by atoms with Crippen LogP contribution in [-0.4, -0.2) is 11.2 Å². The van der Waals surface area contributed by atoms with Crippen molar-refractivity contribution in [3.63, 3.8) is 0 Å². The third-order valence-electron chi connectivity index (χ3n) is 5.01. The van der Waals surface area contributed by atoms with Gasteiger partial charge in [-0.15, -0.1) is 0 Å². The number of aryl methyl sites for hydroxylation is 1. The standard InChI is InChI=1S/C22H30O/c1-4-7-18(3)22-9-6-5-8-20(22)16-21(23)15-14-19-12-10-17(2)11-13-19/h4,7,10-15,20-23H,1,5-6,8-9,16H2,2-3H3/b15-14+,18-7+/t20-,21?,22-/m1/s1. The fourth-order valence-electron chi connectivity index (χ4n) is 3.69. The van der Waals surface area contributed by atoms with Crippen LogP contribution in [0.1, 0.15) is 50.2 Å². The maximum absolute atomic E-state index is 10.4. The molecule has 0 bridgehead atoms. The highest BCUT2D eigenvalue weighted by molar-refractivity contribution is 5.50. The highest BCUT2D eigenvalue weighted by Gasteiger charge is 2.27. The zero-order valence-electron chi connectivity index (χ0n) is 14.5. The second kappa shape index (κ2) is 8.88. The Morgan fingerprint density at radius 3 is 2.65 bits per heavy atom. The van der Waals surface area contributed by atoms with Gasteiger partial charge >= 0.3 is 0 Å². The summed E-state index contributed by atoms with van der Waals surface area (Å²) in [4.78, 5) is 0. The highest BCUT2D eigenvalue weighted by Crippen LogP contribution is 2.37. The summed E-state index contributed by atoms with van der Waals surface area (Å²) in [6.45, 7) is 8.11. The first-order valence-electron chi connectivity index (χ1n) is 8.82. The number of rotatable bonds is 6. The molecule has 2 rings (SSSR count). The maximum atomic E-state index is 10.4. The van der Waals surface area contributed by atoms with Crippen molar-refractivity contribution >= 4 is 6.08 Å². The normalized spacial score (nSPS) is 23.9. The largest absolute Gasteiger partial charge is 0.389 e. The van der Waals surface area contributed by atoms with Gasteiger partial charge in [0.15, 0.2) is 0 Å². The second-order valence-electron chi connectivity index (χ2n) is 6.87. The number of allylic oxidation sites excluding steroid dienone is 3. The summed E-state index contributed by atoms with van der Waals surface area (Å²) in [6.07, 6.45) is 13.6. The first-order chi connectivity index (χ1) is 11.1. The predicted octanol–water partition coefficient (Wildman–Crippen LogP) is 5.70. The van der Waals surface area contributed by atoms with Gasteiger partial charge in [0.05, 0.1) is 6.10 Å². The van der Waals surface area contributed by atoms with Crippen molar-refractivity contribution in [2.45, 2.75) is 52.1 Å². The Morgan fingerprint density at radius 2 is 1.96 bits per heavy atom. The molecule has 1 aromatic rings. The topological polar surface area (TPSA) is 20.2 Å². The fourth-order valence-corrected chi connectivity index (χ4v) is 3.69. The average molecular weight is 310 g/mol. The fraction of sp³-hybridized carbons (Fsp3) is 0.455. The van der Waals surface area contributed by atoms with E-state index >= 15 is 0 Å². The molecule has 1 N–H and O–H groups in total. The van der Waals surface area contributed by atoms with Crippen molar-refractivity contribution in [2.24, 2.45) is 11.8 Å². The average Bonchev–Trinajstić information content (AvgIpc) is 2.55. The Balaban J connectivity index is 1.96. The summed E-state index contributed by atoms with van der Waals surface area (Å²) in [5.74, 6) is 1.18. The summed E-state index contributed by atoms with van der Waals surface area (Å²) in [7, 11) is 0. The molecule has 0 radical (unpaired) electrons. The minimum absolute atomic E-state index is 0.363. The van der Waals surface area contributed by atoms with Crippen LogP contribution < -0.4 is 0 Å². The zero-order chi connectivity index (χ0) is 16.7. The molecule has 1 fully saturated rings. The number of hydrogen-bond donors (Lipinski definition) is 1. The lowest BCUT2D eigenvalue weighted by Gasteiger charge is -2.33. The molecule has 23 heavy (non-hydrogen) atoms. The van der Waals surface area contributed by atoms with Gasteiger partial charge < -0.3 is 5.11 Å². The molecule has 1 aliphatic carbocycles. The van der Waals surface area contributed by atoms with Crippen molar-refractivity contribution < 1.29 is 5.11 Å². The number of aliphatic hydroxyl groups excluding tert-OH is 1. The van der Waals surface area contributed by atoms with Gasteiger partial charge in [0, 0.05) is 0 Å². The van der Waals surface area contributed by atoms with Gasteiger partial charge in [-0.3, -0.25) is 0 Å². The van der Waals surface area contributed by atoms with Gasteiger partial charge in [-0.2, -0.15) is 0 Å². The SMILES string of the molecule is C=C/C=C(\C)[C@H]1CCCC[C@@H]1CC(O)/C=C/c1ccc(C)cc1. The molecule has 1 unspecified atom stereocenters. The van der Waals surface area contributed by atoms with Crippen molar-refractivity contribution in [3.8, 4) is 0 Å². The van der Waals surface area contributed by atoms with E-state index in [1.165, 1.54) is 36.8 Å². The predicted molar refractivity (Wildman–Crippen MR) is 100 cm³/mol. The van der Waals surface area contributed by atoms with Crippen LogP contribution in [0, 0.1) is 18.8 Å². The third kappa shape index (κ3) is 5.51. The van der Waals surface area contributed by atoms with E-state index in [9.17, 15) is 5.11 Å². The Hall–Kier alpha value is -1.60. The lowest BCUT2D eigenvalue weighted by atomic mass is 9.73. The third-order valence-corrected chi connectivity index (χ3v) is 5.01. The zero-order valence-corrected chi connectivity index (χ0v) is 14.5. The quantitative estimate of drug-likeness (QED) is 0.668. The summed E-state index contributed by atoms with van der Waals surface area (Å²) in [5, 5.41) is 10.4. The molecule has 1 saturated carbocycles. The Kier molecular flexibility index (Phi) is 6.85. The molecule has 1 aliphatic rings. The molecule has 0 amide bonds. The van der Waals surface area contributed by atoms with Crippen LogP contribution in [0.3, 0.4) is 0 Å². The van der Waals surface area contributed by atoms with Crippen LogP contribution in [0.25, 0.3) is 6.08 Å². The first-order valence-corrected chi connectivity index (χ1v) is 8.82. The number of hydrogen-bond acceptors (Lipinski definition) is 1. The van der Waals surface area contributed by atoms with Gasteiger partial charge in [-0.1, -0.05) is 79.1 Å². The minimum Gasteiger partial charge on any atom is -0.389 e. The van der Waals surface area contributed by atoms with Crippen molar-refractivity contribution in [3.05, 3.63) is 65.8 Å². The molecule has 124 valence electrons. The van der Waals surface area contributed by atoms with E-state index in [1.54, 1.807) is 0 Å². The van der Waals surface area contributed by atoms with E-state index in [0.717, 1.165) is 12.0 Å². The van der Waals surface area contributed by atoms with Crippen LogP contribution in [0.4, 0.5) is 0 Å². The molecule has 0 heterocycles. The summed E-state index contributed by atoms with van der Waals surface area (Å²) in [6, 6.07) is 8.40. The van der Waals surface area contributed by atoms with Gasteiger partial charge in [0.25, 0.3) is 0 Å². The molecule has 0 spiro atoms. The van der Waals surface area contributed by atoms with Crippen LogP contribution >= 0.6 is 0 Å². The Labute approximate surface area is 141 Å². The van der Waals surface area contributed by atoms with Crippen LogP contribution in [-0.2, 0) is 0 Å². The molecular weight excluding hydrogens is 280 g/mol. The molecule has 3 atom stereocenters. The Morgan fingerprint density at radius 1 is 1.26 bits per heavy atom. The van der Waals surface area contributed by atoms with E-state index in [2.05, 4.69) is 50.8 Å². The summed E-state index contributed by atoms with van der Waals surface area (Å²) >= 11 is 0. The monoisotopic (exact) mass is 310 g/mol. The van der Waals surface area contributed by atoms with Gasteiger partial charge in [0.1, 0.15) is 0 Å². The minimum atomic E-state index is -0.363. The van der Waals surface area contributed by atoms with E-state index in [4.69, 9.17) is 0 Å². The van der Waals surface area contributed by atoms with Crippen molar-refractivity contribution in [1.29, 1.82) is 0 Å². The molecule has 1 nitrogen and oxygen atoms in total. The molecule has 0 aliphatic heterocycles. The van der Waals surface area contributed by atoms with Crippen molar-refractivity contribution in [1.82, 2.24) is 0 Å². The van der Waals surface area contributed by atoms with Crippen molar-refractivity contribution in [2.75, 3.05) is 0 Å². The van der Waals surface area contributed by atoms with Gasteiger partial charge in [-0.25, -0.2) is 0 Å². The highest BCUT2D eigenvalue weighted by atomic mass is 16.3. The summed E-state index contributed by atoms with van der Waals surface area (Å²) in [5.41, 5.74) is 3.83.